The van der Waals surface area contributed by atoms with Crippen LogP contribution in [0.2, 0.25) is 0 Å². The van der Waals surface area contributed by atoms with Crippen LogP contribution in [-0.4, -0.2) is 19.1 Å². The number of hydrogen-bond donors (Lipinski definition) is 1. The van der Waals surface area contributed by atoms with Gasteiger partial charge in [-0.2, -0.15) is 0 Å². The summed E-state index contributed by atoms with van der Waals surface area (Å²) in [6, 6.07) is 7.70. The van der Waals surface area contributed by atoms with Crippen molar-refractivity contribution in [3.63, 3.8) is 0 Å². The molecule has 23 heavy (non-hydrogen) atoms. The number of ether oxygens (including phenoxy) is 2. The van der Waals surface area contributed by atoms with Crippen molar-refractivity contribution in [2.75, 3.05) is 13.2 Å². The molecule has 0 fully saturated rings. The van der Waals surface area contributed by atoms with Gasteiger partial charge in [0.15, 0.2) is 11.5 Å². The van der Waals surface area contributed by atoms with E-state index in [1.807, 2.05) is 43.5 Å². The van der Waals surface area contributed by atoms with E-state index in [1.165, 1.54) is 0 Å². The second kappa shape index (κ2) is 8.93. The van der Waals surface area contributed by atoms with Crippen LogP contribution in [-0.2, 0) is 17.8 Å². The molecule has 1 heterocycles. The van der Waals surface area contributed by atoms with E-state index in [1.54, 1.807) is 11.3 Å². The zero-order valence-electron chi connectivity index (χ0n) is 13.2. The maximum atomic E-state index is 12.1. The zero-order valence-corrected chi connectivity index (χ0v) is 15.6. The molecule has 0 aliphatic rings. The van der Waals surface area contributed by atoms with Gasteiger partial charge in [0.05, 0.1) is 26.2 Å². The van der Waals surface area contributed by atoms with Gasteiger partial charge in [0.1, 0.15) is 0 Å². The van der Waals surface area contributed by atoms with Gasteiger partial charge >= 0.3 is 0 Å². The highest BCUT2D eigenvalue weighted by atomic mass is 79.9. The monoisotopic (exact) mass is 397 g/mol. The lowest BCUT2D eigenvalue weighted by atomic mass is 10.1. The molecule has 1 N–H and O–H groups in total. The third kappa shape index (κ3) is 5.25. The van der Waals surface area contributed by atoms with Crippen molar-refractivity contribution in [3.8, 4) is 11.5 Å². The summed E-state index contributed by atoms with van der Waals surface area (Å²) in [6.45, 7) is 5.52. The Labute approximate surface area is 148 Å². The molecule has 6 heteroatoms. The topological polar surface area (TPSA) is 47.6 Å². The first kappa shape index (κ1) is 17.8. The quantitative estimate of drug-likeness (QED) is 0.726. The van der Waals surface area contributed by atoms with Crippen molar-refractivity contribution in [3.05, 3.63) is 44.6 Å². The van der Waals surface area contributed by atoms with E-state index in [4.69, 9.17) is 9.47 Å². The predicted molar refractivity (Wildman–Crippen MR) is 96.3 cm³/mol. The normalized spacial score (nSPS) is 10.4. The number of nitrogens with one attached hydrogen (secondary N) is 1. The van der Waals surface area contributed by atoms with E-state index >= 15 is 0 Å². The molecule has 124 valence electrons. The number of hydrogen-bond acceptors (Lipinski definition) is 4. The van der Waals surface area contributed by atoms with Gasteiger partial charge in [-0.05, 0) is 43.0 Å². The van der Waals surface area contributed by atoms with Gasteiger partial charge < -0.3 is 14.8 Å². The minimum atomic E-state index is -0.0225. The molecule has 0 bridgehead atoms. The van der Waals surface area contributed by atoms with Crippen LogP contribution in [0.15, 0.2) is 34.1 Å². The molecule has 1 amide bonds. The zero-order chi connectivity index (χ0) is 16.7. The molecule has 2 rings (SSSR count). The first-order valence-electron chi connectivity index (χ1n) is 7.51. The van der Waals surface area contributed by atoms with Crippen molar-refractivity contribution < 1.29 is 14.3 Å². The SMILES string of the molecule is CCOc1cc(Br)c(CC(=O)NCc2cccs2)cc1OCC. The summed E-state index contributed by atoms with van der Waals surface area (Å²) < 4.78 is 12.0. The summed E-state index contributed by atoms with van der Waals surface area (Å²) in [5.74, 6) is 1.33. The number of thiophene rings is 1. The lowest BCUT2D eigenvalue weighted by Crippen LogP contribution is -2.24. The molecule has 4 nitrogen and oxygen atoms in total. The van der Waals surface area contributed by atoms with E-state index < -0.39 is 0 Å². The summed E-state index contributed by atoms with van der Waals surface area (Å²) in [5, 5.41) is 4.93. The Bertz CT molecular complexity index is 644. The summed E-state index contributed by atoms with van der Waals surface area (Å²) in [6.07, 6.45) is 0.290. The highest BCUT2D eigenvalue weighted by Gasteiger charge is 2.13. The van der Waals surface area contributed by atoms with Crippen LogP contribution < -0.4 is 14.8 Å². The summed E-state index contributed by atoms with van der Waals surface area (Å²) in [5.41, 5.74) is 0.876. The minimum absolute atomic E-state index is 0.0225. The number of carbonyl (C=O) groups excluding carboxylic acids is 1. The Morgan fingerprint density at radius 2 is 1.91 bits per heavy atom. The van der Waals surface area contributed by atoms with Crippen LogP contribution in [0.25, 0.3) is 0 Å². The summed E-state index contributed by atoms with van der Waals surface area (Å²) in [4.78, 5) is 13.3. The van der Waals surface area contributed by atoms with E-state index in [2.05, 4.69) is 21.2 Å². The number of rotatable bonds is 8. The number of amides is 1. The molecule has 0 aliphatic heterocycles. The van der Waals surface area contributed by atoms with Crippen LogP contribution in [0.4, 0.5) is 0 Å². The smallest absolute Gasteiger partial charge is 0.224 e. The summed E-state index contributed by atoms with van der Waals surface area (Å²) >= 11 is 5.14. The van der Waals surface area contributed by atoms with Crippen LogP contribution >= 0.6 is 27.3 Å². The highest BCUT2D eigenvalue weighted by Crippen LogP contribution is 2.34. The van der Waals surface area contributed by atoms with Crippen molar-refractivity contribution >= 4 is 33.2 Å². The highest BCUT2D eigenvalue weighted by molar-refractivity contribution is 9.10. The lowest BCUT2D eigenvalue weighted by Gasteiger charge is -2.14. The van der Waals surface area contributed by atoms with E-state index in [0.717, 1.165) is 14.9 Å². The molecule has 0 atom stereocenters. The average molecular weight is 398 g/mol. The molecule has 2 aromatic rings. The van der Waals surface area contributed by atoms with Crippen molar-refractivity contribution in [1.29, 1.82) is 0 Å². The number of carbonyl (C=O) groups is 1. The van der Waals surface area contributed by atoms with E-state index in [0.29, 0.717) is 37.7 Å². The first-order chi connectivity index (χ1) is 11.1. The largest absolute Gasteiger partial charge is 0.490 e. The predicted octanol–water partition coefficient (Wildman–Crippen LogP) is 4.17. The Kier molecular flexibility index (Phi) is 6.92. The van der Waals surface area contributed by atoms with E-state index in [-0.39, 0.29) is 5.91 Å². The van der Waals surface area contributed by atoms with Gasteiger partial charge in [0, 0.05) is 9.35 Å². The maximum absolute atomic E-state index is 12.1. The third-order valence-corrected chi connectivity index (χ3v) is 4.72. The molecule has 0 saturated heterocycles. The molecule has 1 aromatic heterocycles. The molecular weight excluding hydrogens is 378 g/mol. The standard InChI is InChI=1S/C17H20BrNO3S/c1-3-21-15-8-12(14(18)10-16(15)22-4-2)9-17(20)19-11-13-6-5-7-23-13/h5-8,10H,3-4,9,11H2,1-2H3,(H,19,20). The second-order valence-electron chi connectivity index (χ2n) is 4.79. The van der Waals surface area contributed by atoms with Crippen molar-refractivity contribution in [2.45, 2.75) is 26.8 Å². The second-order valence-corrected chi connectivity index (χ2v) is 6.68. The fourth-order valence-electron chi connectivity index (χ4n) is 2.08. The van der Waals surface area contributed by atoms with Gasteiger partial charge in [-0.1, -0.05) is 22.0 Å². The molecule has 1 aromatic carbocycles. The molecule has 0 aliphatic carbocycles. The third-order valence-electron chi connectivity index (χ3n) is 3.10. The Morgan fingerprint density at radius 1 is 1.22 bits per heavy atom. The Hall–Kier alpha value is -1.53. The number of halogens is 1. The molecule has 0 unspecified atom stereocenters. The van der Waals surface area contributed by atoms with Crippen LogP contribution in [0.3, 0.4) is 0 Å². The molecular formula is C17H20BrNO3S. The van der Waals surface area contributed by atoms with Crippen LogP contribution in [0, 0.1) is 0 Å². The van der Waals surface area contributed by atoms with E-state index in [9.17, 15) is 4.79 Å². The fourth-order valence-corrected chi connectivity index (χ4v) is 3.19. The van der Waals surface area contributed by atoms with Crippen molar-refractivity contribution in [1.82, 2.24) is 5.32 Å². The maximum Gasteiger partial charge on any atom is 0.224 e. The van der Waals surface area contributed by atoms with Crippen LogP contribution in [0.5, 0.6) is 11.5 Å². The lowest BCUT2D eigenvalue weighted by molar-refractivity contribution is -0.120. The van der Waals surface area contributed by atoms with Gasteiger partial charge in [-0.3, -0.25) is 4.79 Å². The van der Waals surface area contributed by atoms with Gasteiger partial charge in [0.25, 0.3) is 0 Å². The van der Waals surface area contributed by atoms with Gasteiger partial charge in [-0.25, -0.2) is 0 Å². The van der Waals surface area contributed by atoms with Crippen LogP contribution in [0.1, 0.15) is 24.3 Å². The molecule has 0 saturated carbocycles. The molecule has 0 spiro atoms. The fraction of sp³-hybridized carbons (Fsp3) is 0.353. The van der Waals surface area contributed by atoms with Gasteiger partial charge in [0.2, 0.25) is 5.91 Å². The van der Waals surface area contributed by atoms with Crippen molar-refractivity contribution in [2.24, 2.45) is 0 Å². The Morgan fingerprint density at radius 3 is 2.52 bits per heavy atom. The Balaban J connectivity index is 2.05. The summed E-state index contributed by atoms with van der Waals surface area (Å²) in [7, 11) is 0. The minimum Gasteiger partial charge on any atom is -0.490 e. The molecule has 0 radical (unpaired) electrons. The average Bonchev–Trinajstić information content (AvgIpc) is 3.03. The first-order valence-corrected chi connectivity index (χ1v) is 9.18. The van der Waals surface area contributed by atoms with Gasteiger partial charge in [-0.15, -0.1) is 11.3 Å². The number of benzene rings is 1.